The summed E-state index contributed by atoms with van der Waals surface area (Å²) < 4.78 is 9.89. The van der Waals surface area contributed by atoms with Crippen molar-refractivity contribution in [3.05, 3.63) is 0 Å². The molecule has 0 saturated carbocycles. The van der Waals surface area contributed by atoms with E-state index in [0.29, 0.717) is 13.2 Å². The molecule has 0 radical (unpaired) electrons. The first-order chi connectivity index (χ1) is 9.49. The molecule has 0 spiro atoms. The van der Waals surface area contributed by atoms with Crippen LogP contribution >= 0.6 is 0 Å². The van der Waals surface area contributed by atoms with Crippen molar-refractivity contribution in [2.24, 2.45) is 0 Å². The van der Waals surface area contributed by atoms with E-state index in [-0.39, 0.29) is 11.9 Å². The molecular weight excluding hydrogens is 260 g/mol. The average Bonchev–Trinajstić information content (AvgIpc) is 2.39. The second-order valence-corrected chi connectivity index (χ2v) is 4.55. The zero-order valence-electron chi connectivity index (χ0n) is 13.2. The van der Waals surface area contributed by atoms with Gasteiger partial charge in [-0.2, -0.15) is 0 Å². The first-order valence-corrected chi connectivity index (χ1v) is 7.21. The first-order valence-electron chi connectivity index (χ1n) is 7.21. The average molecular weight is 288 g/mol. The highest BCUT2D eigenvalue weighted by atomic mass is 16.5. The number of carbonyl (C=O) groups excluding carboxylic acids is 2. The molecule has 0 aliphatic carbocycles. The largest absolute Gasteiger partial charge is 0.465 e. The monoisotopic (exact) mass is 288 g/mol. The fourth-order valence-corrected chi connectivity index (χ4v) is 1.78. The maximum Gasteiger partial charge on any atom is 0.302 e. The van der Waals surface area contributed by atoms with Crippen LogP contribution in [0.15, 0.2) is 0 Å². The van der Waals surface area contributed by atoms with Crippen LogP contribution < -0.4 is 0 Å². The third-order valence-corrected chi connectivity index (χ3v) is 3.05. The summed E-state index contributed by atoms with van der Waals surface area (Å²) in [5.41, 5.74) is 0. The Kier molecular flexibility index (Phi) is 11.0. The second-order valence-electron chi connectivity index (χ2n) is 4.55. The number of ether oxygens (including phenoxy) is 2. The van der Waals surface area contributed by atoms with Crippen molar-refractivity contribution in [2.45, 2.75) is 27.7 Å². The minimum absolute atomic E-state index is 0.238. The standard InChI is InChI=1S/C14H28N2O4/c1-5-15(9-11-19-13(3)17)7-8-16(6-2)10-12-20-14(4)18/h5-12H2,1-4H3. The van der Waals surface area contributed by atoms with E-state index in [1.807, 2.05) is 0 Å². The zero-order valence-corrected chi connectivity index (χ0v) is 13.2. The Morgan fingerprint density at radius 3 is 1.35 bits per heavy atom. The molecule has 0 unspecified atom stereocenters. The summed E-state index contributed by atoms with van der Waals surface area (Å²) >= 11 is 0. The van der Waals surface area contributed by atoms with Gasteiger partial charge in [-0.3, -0.25) is 19.4 Å². The molecule has 0 aromatic heterocycles. The van der Waals surface area contributed by atoms with Crippen molar-refractivity contribution < 1.29 is 19.1 Å². The van der Waals surface area contributed by atoms with Gasteiger partial charge in [0.05, 0.1) is 0 Å². The van der Waals surface area contributed by atoms with Gasteiger partial charge < -0.3 is 9.47 Å². The van der Waals surface area contributed by atoms with Crippen LogP contribution in [0.4, 0.5) is 0 Å². The normalized spacial score (nSPS) is 10.9. The molecule has 0 aromatic carbocycles. The molecule has 0 amide bonds. The number of esters is 2. The molecule has 0 bridgehead atoms. The molecular formula is C14H28N2O4. The molecule has 20 heavy (non-hydrogen) atoms. The summed E-state index contributed by atoms with van der Waals surface area (Å²) in [6, 6.07) is 0. The van der Waals surface area contributed by atoms with E-state index in [2.05, 4.69) is 23.6 Å². The van der Waals surface area contributed by atoms with Gasteiger partial charge in [-0.05, 0) is 13.1 Å². The Balaban J connectivity index is 3.86. The fraction of sp³-hybridized carbons (Fsp3) is 0.857. The lowest BCUT2D eigenvalue weighted by Crippen LogP contribution is -2.38. The molecule has 0 aliphatic heterocycles. The van der Waals surface area contributed by atoms with Gasteiger partial charge in [0.2, 0.25) is 0 Å². The number of nitrogens with zero attached hydrogens (tertiary/aromatic N) is 2. The Morgan fingerprint density at radius 2 is 1.10 bits per heavy atom. The van der Waals surface area contributed by atoms with Crippen LogP contribution in [-0.4, -0.2) is 74.2 Å². The third-order valence-electron chi connectivity index (χ3n) is 3.05. The van der Waals surface area contributed by atoms with Crippen LogP contribution in [0.5, 0.6) is 0 Å². The van der Waals surface area contributed by atoms with Crippen LogP contribution in [0.1, 0.15) is 27.7 Å². The lowest BCUT2D eigenvalue weighted by atomic mass is 10.4. The van der Waals surface area contributed by atoms with Gasteiger partial charge in [0, 0.05) is 40.0 Å². The predicted molar refractivity (Wildman–Crippen MR) is 77.5 cm³/mol. The Morgan fingerprint density at radius 1 is 0.750 bits per heavy atom. The molecule has 0 rings (SSSR count). The highest BCUT2D eigenvalue weighted by Gasteiger charge is 2.08. The molecule has 0 saturated heterocycles. The van der Waals surface area contributed by atoms with Gasteiger partial charge in [0.1, 0.15) is 13.2 Å². The van der Waals surface area contributed by atoms with E-state index in [4.69, 9.17) is 9.47 Å². The summed E-state index contributed by atoms with van der Waals surface area (Å²) in [6.07, 6.45) is 0. The molecule has 0 aromatic rings. The maximum atomic E-state index is 10.7. The molecule has 6 nitrogen and oxygen atoms in total. The number of likely N-dealkylation sites (N-methyl/N-ethyl adjacent to an activating group) is 2. The molecule has 0 fully saturated rings. The zero-order chi connectivity index (χ0) is 15.4. The van der Waals surface area contributed by atoms with Gasteiger partial charge in [-0.1, -0.05) is 13.8 Å². The van der Waals surface area contributed by atoms with Gasteiger partial charge in [-0.25, -0.2) is 0 Å². The van der Waals surface area contributed by atoms with Crippen molar-refractivity contribution >= 4 is 11.9 Å². The topological polar surface area (TPSA) is 59.1 Å². The summed E-state index contributed by atoms with van der Waals surface area (Å²) in [4.78, 5) is 25.9. The number of rotatable bonds is 11. The Hall–Kier alpha value is -1.14. The SMILES string of the molecule is CCN(CCOC(C)=O)CCN(CC)CCOC(C)=O. The number of carbonyl (C=O) groups is 2. The Bertz CT molecular complexity index is 256. The molecule has 0 N–H and O–H groups in total. The van der Waals surface area contributed by atoms with Gasteiger partial charge in [0.15, 0.2) is 0 Å². The Labute approximate surface area is 122 Å². The van der Waals surface area contributed by atoms with Crippen LogP contribution in [-0.2, 0) is 19.1 Å². The highest BCUT2D eigenvalue weighted by Crippen LogP contribution is 1.94. The molecule has 118 valence electrons. The van der Waals surface area contributed by atoms with Crippen molar-refractivity contribution in [1.29, 1.82) is 0 Å². The molecule has 0 aliphatic rings. The van der Waals surface area contributed by atoms with Gasteiger partial charge in [-0.15, -0.1) is 0 Å². The van der Waals surface area contributed by atoms with E-state index in [1.165, 1.54) is 13.8 Å². The number of hydrogen-bond donors (Lipinski definition) is 0. The molecule has 6 heteroatoms. The van der Waals surface area contributed by atoms with Crippen molar-refractivity contribution in [2.75, 3.05) is 52.5 Å². The van der Waals surface area contributed by atoms with E-state index in [0.717, 1.165) is 39.3 Å². The fourth-order valence-electron chi connectivity index (χ4n) is 1.78. The molecule has 0 heterocycles. The van der Waals surface area contributed by atoms with E-state index >= 15 is 0 Å². The van der Waals surface area contributed by atoms with E-state index in [9.17, 15) is 9.59 Å². The first kappa shape index (κ1) is 18.9. The quantitative estimate of drug-likeness (QED) is 0.523. The van der Waals surface area contributed by atoms with Crippen molar-refractivity contribution in [3.63, 3.8) is 0 Å². The van der Waals surface area contributed by atoms with E-state index in [1.54, 1.807) is 0 Å². The van der Waals surface area contributed by atoms with Crippen molar-refractivity contribution in [1.82, 2.24) is 9.80 Å². The minimum Gasteiger partial charge on any atom is -0.465 e. The minimum atomic E-state index is -0.238. The van der Waals surface area contributed by atoms with E-state index < -0.39 is 0 Å². The second kappa shape index (κ2) is 11.7. The summed E-state index contributed by atoms with van der Waals surface area (Å²) in [7, 11) is 0. The predicted octanol–water partition coefficient (Wildman–Crippen LogP) is 0.756. The van der Waals surface area contributed by atoms with Crippen molar-refractivity contribution in [3.8, 4) is 0 Å². The third kappa shape index (κ3) is 10.8. The number of hydrogen-bond acceptors (Lipinski definition) is 6. The lowest BCUT2D eigenvalue weighted by Gasteiger charge is -2.25. The lowest BCUT2D eigenvalue weighted by molar-refractivity contribution is -0.142. The van der Waals surface area contributed by atoms with Gasteiger partial charge in [0.25, 0.3) is 0 Å². The smallest absolute Gasteiger partial charge is 0.302 e. The van der Waals surface area contributed by atoms with Crippen LogP contribution in [0.2, 0.25) is 0 Å². The maximum absolute atomic E-state index is 10.7. The van der Waals surface area contributed by atoms with Gasteiger partial charge >= 0.3 is 11.9 Å². The summed E-state index contributed by atoms with van der Waals surface area (Å²) in [5.74, 6) is -0.477. The summed E-state index contributed by atoms with van der Waals surface area (Å²) in [6.45, 7) is 13.0. The van der Waals surface area contributed by atoms with Crippen LogP contribution in [0, 0.1) is 0 Å². The highest BCUT2D eigenvalue weighted by molar-refractivity contribution is 5.66. The summed E-state index contributed by atoms with van der Waals surface area (Å²) in [5, 5.41) is 0. The molecule has 0 atom stereocenters. The van der Waals surface area contributed by atoms with Crippen LogP contribution in [0.3, 0.4) is 0 Å². The van der Waals surface area contributed by atoms with Crippen LogP contribution in [0.25, 0.3) is 0 Å².